The van der Waals surface area contributed by atoms with Crippen LogP contribution in [0.5, 0.6) is 0 Å². The highest BCUT2D eigenvalue weighted by atomic mass is 28.4. The molecule has 1 N–H and O–H groups in total. The summed E-state index contributed by atoms with van der Waals surface area (Å²) in [6.07, 6.45) is 0.818. The minimum atomic E-state index is -2.08. The number of piperazine rings is 1. The van der Waals surface area contributed by atoms with E-state index in [4.69, 9.17) is 13.9 Å². The highest BCUT2D eigenvalue weighted by Gasteiger charge is 2.48. The molecule has 0 spiro atoms. The molecule has 2 aliphatic rings. The summed E-state index contributed by atoms with van der Waals surface area (Å²) >= 11 is 0. The van der Waals surface area contributed by atoms with Gasteiger partial charge in [-0.15, -0.1) is 0 Å². The Labute approximate surface area is 198 Å². The maximum absolute atomic E-state index is 13.1. The number of likely N-dealkylation sites (tertiary alicyclic amines) is 1. The van der Waals surface area contributed by atoms with Crippen LogP contribution in [0.4, 0.5) is 9.59 Å². The number of nitrogens with zero attached hydrogens (tertiary/aromatic N) is 2. The van der Waals surface area contributed by atoms with E-state index in [1.165, 1.54) is 11.0 Å². The van der Waals surface area contributed by atoms with Crippen LogP contribution in [0.15, 0.2) is 12.7 Å². The minimum absolute atomic E-state index is 0.0204. The number of rotatable bonds is 5. The van der Waals surface area contributed by atoms with Gasteiger partial charge in [0.2, 0.25) is 5.91 Å². The van der Waals surface area contributed by atoms with Gasteiger partial charge in [0.15, 0.2) is 8.32 Å². The van der Waals surface area contributed by atoms with Gasteiger partial charge >= 0.3 is 12.2 Å². The molecule has 0 bridgehead atoms. The molecular formula is C23H41N3O6Si. The molecule has 188 valence electrons. The molecule has 33 heavy (non-hydrogen) atoms. The number of hydrogen-bond donors (Lipinski definition) is 1. The van der Waals surface area contributed by atoms with Gasteiger partial charge in [-0.3, -0.25) is 9.69 Å². The summed E-state index contributed by atoms with van der Waals surface area (Å²) in [6, 6.07) is -0.823. The second-order valence-electron chi connectivity index (χ2n) is 11.4. The molecule has 0 aromatic rings. The molecule has 2 rings (SSSR count). The van der Waals surface area contributed by atoms with Crippen molar-refractivity contribution in [1.29, 1.82) is 0 Å². The summed E-state index contributed by atoms with van der Waals surface area (Å²) in [7, 11) is -2.08. The van der Waals surface area contributed by atoms with Crippen molar-refractivity contribution in [3.63, 3.8) is 0 Å². The molecule has 10 heteroatoms. The van der Waals surface area contributed by atoms with Crippen LogP contribution in [0.1, 0.15) is 48.0 Å². The highest BCUT2D eigenvalue weighted by molar-refractivity contribution is 6.74. The van der Waals surface area contributed by atoms with Gasteiger partial charge in [-0.2, -0.15) is 0 Å². The Morgan fingerprint density at radius 3 is 2.33 bits per heavy atom. The van der Waals surface area contributed by atoms with Gasteiger partial charge in [-0.25, -0.2) is 9.59 Å². The third kappa shape index (κ3) is 7.20. The molecule has 0 aromatic carbocycles. The predicted molar refractivity (Wildman–Crippen MR) is 128 cm³/mol. The van der Waals surface area contributed by atoms with Crippen molar-refractivity contribution in [2.45, 2.75) is 89.9 Å². The van der Waals surface area contributed by atoms with Gasteiger partial charge in [0.1, 0.15) is 18.8 Å². The number of hydrogen-bond acceptors (Lipinski definition) is 6. The number of carbonyl (C=O) groups is 3. The van der Waals surface area contributed by atoms with Crippen LogP contribution in [0.3, 0.4) is 0 Å². The fourth-order valence-electron chi connectivity index (χ4n) is 3.77. The maximum atomic E-state index is 13.1. The predicted octanol–water partition coefficient (Wildman–Crippen LogP) is 3.51. The van der Waals surface area contributed by atoms with Crippen molar-refractivity contribution in [2.75, 3.05) is 26.2 Å². The lowest BCUT2D eigenvalue weighted by Gasteiger charge is -2.38. The summed E-state index contributed by atoms with van der Waals surface area (Å²) in [5.74, 6) is -0.292. The molecule has 3 amide bonds. The second-order valence-corrected chi connectivity index (χ2v) is 16.1. The smallest absolute Gasteiger partial charge is 0.410 e. The molecular weight excluding hydrogens is 442 g/mol. The normalized spacial score (nSPS) is 24.4. The van der Waals surface area contributed by atoms with Gasteiger partial charge in [0.05, 0.1) is 18.2 Å². The second kappa shape index (κ2) is 10.0. The summed E-state index contributed by atoms with van der Waals surface area (Å²) in [6.45, 7) is 20.5. The van der Waals surface area contributed by atoms with E-state index in [1.807, 2.05) is 20.8 Å². The summed E-state index contributed by atoms with van der Waals surface area (Å²) in [5, 5.41) is 2.98. The first-order chi connectivity index (χ1) is 15.0. The Morgan fingerprint density at radius 1 is 1.15 bits per heavy atom. The van der Waals surface area contributed by atoms with Crippen molar-refractivity contribution in [3.05, 3.63) is 12.7 Å². The molecule has 3 atom stereocenters. The first-order valence-electron chi connectivity index (χ1n) is 11.5. The van der Waals surface area contributed by atoms with E-state index >= 15 is 0 Å². The molecule has 2 saturated heterocycles. The molecule has 0 aliphatic carbocycles. The van der Waals surface area contributed by atoms with E-state index in [0.717, 1.165) is 0 Å². The van der Waals surface area contributed by atoms with E-state index in [1.54, 1.807) is 4.90 Å². The maximum Gasteiger partial charge on any atom is 0.410 e. The fourth-order valence-corrected chi connectivity index (χ4v) is 5.13. The molecule has 0 aromatic heterocycles. The SMILES string of the molecule is C=CCOC(=O)N1CC(=O)NC([C@@H]2C[C@@H](O[Si](C)(C)C(C)(C)C)CN2C(=O)OC(C)(C)C)C1. The van der Waals surface area contributed by atoms with Gasteiger partial charge in [0, 0.05) is 13.1 Å². The number of carbonyl (C=O) groups excluding carboxylic acids is 3. The minimum Gasteiger partial charge on any atom is -0.445 e. The van der Waals surface area contributed by atoms with Crippen LogP contribution in [0.25, 0.3) is 0 Å². The zero-order valence-corrected chi connectivity index (χ0v) is 22.4. The molecule has 2 heterocycles. The number of nitrogens with one attached hydrogen (secondary N) is 1. The third-order valence-electron chi connectivity index (χ3n) is 6.35. The fraction of sp³-hybridized carbons (Fsp3) is 0.783. The summed E-state index contributed by atoms with van der Waals surface area (Å²) in [4.78, 5) is 40.9. The lowest BCUT2D eigenvalue weighted by molar-refractivity contribution is -0.125. The Hall–Kier alpha value is -2.07. The lowest BCUT2D eigenvalue weighted by atomic mass is 10.0. The topological polar surface area (TPSA) is 97.4 Å². The third-order valence-corrected chi connectivity index (χ3v) is 10.9. The molecule has 1 unspecified atom stereocenters. The Kier molecular flexibility index (Phi) is 8.27. The molecule has 0 radical (unpaired) electrons. The first kappa shape index (κ1) is 27.2. The van der Waals surface area contributed by atoms with Crippen LogP contribution >= 0.6 is 0 Å². The molecule has 9 nitrogen and oxygen atoms in total. The lowest BCUT2D eigenvalue weighted by Crippen LogP contribution is -2.62. The van der Waals surface area contributed by atoms with Crippen molar-refractivity contribution < 1.29 is 28.3 Å². The zero-order chi connectivity index (χ0) is 25.2. The Morgan fingerprint density at radius 2 is 1.79 bits per heavy atom. The van der Waals surface area contributed by atoms with Crippen LogP contribution in [-0.2, 0) is 18.7 Å². The summed E-state index contributed by atoms with van der Waals surface area (Å²) < 4.78 is 17.4. The summed E-state index contributed by atoms with van der Waals surface area (Å²) in [5.41, 5.74) is -0.656. The van der Waals surface area contributed by atoms with E-state index in [-0.39, 0.29) is 42.8 Å². The molecule has 0 saturated carbocycles. The highest BCUT2D eigenvalue weighted by Crippen LogP contribution is 2.39. The van der Waals surface area contributed by atoms with Gasteiger partial charge in [-0.05, 0) is 45.3 Å². The van der Waals surface area contributed by atoms with Crippen LogP contribution < -0.4 is 5.32 Å². The number of ether oxygens (including phenoxy) is 2. The first-order valence-corrected chi connectivity index (χ1v) is 14.4. The van der Waals surface area contributed by atoms with E-state index in [0.29, 0.717) is 13.0 Å². The van der Waals surface area contributed by atoms with Crippen LogP contribution in [-0.4, -0.2) is 86.2 Å². The van der Waals surface area contributed by atoms with Crippen LogP contribution in [0, 0.1) is 0 Å². The van der Waals surface area contributed by atoms with Crippen LogP contribution in [0.2, 0.25) is 18.1 Å². The van der Waals surface area contributed by atoms with E-state index in [9.17, 15) is 14.4 Å². The number of amides is 3. The molecule has 2 fully saturated rings. The van der Waals surface area contributed by atoms with Crippen molar-refractivity contribution >= 4 is 26.4 Å². The average molecular weight is 484 g/mol. The monoisotopic (exact) mass is 483 g/mol. The van der Waals surface area contributed by atoms with Gasteiger partial charge in [0.25, 0.3) is 0 Å². The zero-order valence-electron chi connectivity index (χ0n) is 21.4. The van der Waals surface area contributed by atoms with Crippen molar-refractivity contribution in [1.82, 2.24) is 15.1 Å². The standard InChI is InChI=1S/C23H41N3O6Si/c1-10-11-30-20(28)25-14-17(24-19(27)15-25)18-12-16(32-33(8,9)23(5,6)7)13-26(18)21(29)31-22(2,3)4/h10,16-18H,1,11-15H2,2-9H3,(H,24,27)/t16-,17?,18+/m1/s1. The largest absolute Gasteiger partial charge is 0.445 e. The van der Waals surface area contributed by atoms with Crippen molar-refractivity contribution in [2.24, 2.45) is 0 Å². The van der Waals surface area contributed by atoms with Gasteiger partial charge in [-0.1, -0.05) is 33.4 Å². The van der Waals surface area contributed by atoms with Crippen molar-refractivity contribution in [3.8, 4) is 0 Å². The Balaban J connectivity index is 2.25. The van der Waals surface area contributed by atoms with E-state index < -0.39 is 32.1 Å². The van der Waals surface area contributed by atoms with E-state index in [2.05, 4.69) is 45.8 Å². The molecule has 2 aliphatic heterocycles. The average Bonchev–Trinajstić information content (AvgIpc) is 3.06. The Bertz CT molecular complexity index is 758. The van der Waals surface area contributed by atoms with Gasteiger partial charge < -0.3 is 24.1 Å². The quantitative estimate of drug-likeness (QED) is 0.475.